The van der Waals surface area contributed by atoms with E-state index in [1.165, 1.54) is 33.8 Å². The Balaban J connectivity index is 1.93. The topological polar surface area (TPSA) is 65.4 Å². The molecule has 0 radical (unpaired) electrons. The zero-order chi connectivity index (χ0) is 24.1. The molecule has 2 heterocycles. The third kappa shape index (κ3) is 5.63. The van der Waals surface area contributed by atoms with E-state index in [0.29, 0.717) is 12.5 Å². The Kier molecular flexibility index (Phi) is 8.27. The van der Waals surface area contributed by atoms with E-state index in [4.69, 9.17) is 5.10 Å². The molecule has 33 heavy (non-hydrogen) atoms. The van der Waals surface area contributed by atoms with Gasteiger partial charge in [0.05, 0.1) is 0 Å². The summed E-state index contributed by atoms with van der Waals surface area (Å²) in [5, 5.41) is 10.6. The molecule has 1 unspecified atom stereocenters. The average Bonchev–Trinajstić information content (AvgIpc) is 3.10. The van der Waals surface area contributed by atoms with Crippen molar-refractivity contribution in [1.82, 2.24) is 20.4 Å². The van der Waals surface area contributed by atoms with Gasteiger partial charge in [-0.3, -0.25) is 4.68 Å². The summed E-state index contributed by atoms with van der Waals surface area (Å²) in [6.45, 7) is 14.5. The molecule has 0 saturated carbocycles. The number of unbranched alkanes of at least 4 members (excludes halogenated alkanes) is 1. The molecule has 0 spiro atoms. The number of rotatable bonds is 9. The normalized spacial score (nSPS) is 14.1. The van der Waals surface area contributed by atoms with Crippen LogP contribution in [0.5, 0.6) is 0 Å². The summed E-state index contributed by atoms with van der Waals surface area (Å²) >= 11 is 0. The van der Waals surface area contributed by atoms with E-state index in [2.05, 4.69) is 78.9 Å². The largest absolute Gasteiger partial charge is 0.356 e. The van der Waals surface area contributed by atoms with Crippen LogP contribution in [-0.4, -0.2) is 49.0 Å². The predicted octanol–water partition coefficient (Wildman–Crippen LogP) is 4.60. The second-order valence-electron chi connectivity index (χ2n) is 9.62. The Morgan fingerprint density at radius 2 is 1.94 bits per heavy atom. The predicted molar refractivity (Wildman–Crippen MR) is 138 cm³/mol. The van der Waals surface area contributed by atoms with Gasteiger partial charge in [-0.25, -0.2) is 4.79 Å². The minimum atomic E-state index is -0.126. The maximum Gasteiger partial charge on any atom is 0.314 e. The molecule has 0 saturated heterocycles. The lowest BCUT2D eigenvalue weighted by Gasteiger charge is -2.33. The van der Waals surface area contributed by atoms with Crippen molar-refractivity contribution in [2.45, 2.75) is 60.3 Å². The van der Waals surface area contributed by atoms with Crippen LogP contribution in [0.4, 0.5) is 22.1 Å². The number of hydrogen-bond acceptors (Lipinski definition) is 4. The fraction of sp³-hybridized carbons (Fsp3) is 0.615. The zero-order valence-electron chi connectivity index (χ0n) is 21.6. The number of aromatic nitrogens is 2. The molecule has 3 rings (SSSR count). The number of nitrogens with one attached hydrogen (secondary N) is 2. The fourth-order valence-electron chi connectivity index (χ4n) is 5.15. The van der Waals surface area contributed by atoms with Gasteiger partial charge in [-0.05, 0) is 57.1 Å². The first kappa shape index (κ1) is 24.9. The van der Waals surface area contributed by atoms with Crippen molar-refractivity contribution in [2.24, 2.45) is 13.0 Å². The standard InChI is InChI=1S/C26H42N6O/c1-8-9-12-31(17-19(3)16-28-26(33)27-6)25-22-11-10-13-32(24(22)29-30(25)7)23-20(4)14-18(2)15-21(23)5/h14-15,19H,8-13,16-17H2,1-7H3,(H2,27,28,33). The van der Waals surface area contributed by atoms with Gasteiger partial charge >= 0.3 is 6.03 Å². The molecule has 7 heteroatoms. The molecule has 2 N–H and O–H groups in total. The molecule has 1 aromatic heterocycles. The number of benzene rings is 1. The quantitative estimate of drug-likeness (QED) is 0.581. The first-order valence-electron chi connectivity index (χ1n) is 12.4. The van der Waals surface area contributed by atoms with E-state index in [1.54, 1.807) is 7.05 Å². The highest BCUT2D eigenvalue weighted by molar-refractivity contribution is 5.75. The molecule has 1 aliphatic heterocycles. The molecule has 0 aliphatic carbocycles. The minimum Gasteiger partial charge on any atom is -0.356 e. The third-order valence-electron chi connectivity index (χ3n) is 6.51. The van der Waals surface area contributed by atoms with Crippen LogP contribution in [0, 0.1) is 26.7 Å². The van der Waals surface area contributed by atoms with Crippen molar-refractivity contribution in [1.29, 1.82) is 0 Å². The highest BCUT2D eigenvalue weighted by atomic mass is 16.2. The van der Waals surface area contributed by atoms with Crippen LogP contribution in [0.2, 0.25) is 0 Å². The molecule has 1 aliphatic rings. The van der Waals surface area contributed by atoms with Crippen LogP contribution in [0.3, 0.4) is 0 Å². The van der Waals surface area contributed by atoms with Crippen LogP contribution in [-0.2, 0) is 13.5 Å². The number of hydrogen-bond donors (Lipinski definition) is 2. The zero-order valence-corrected chi connectivity index (χ0v) is 21.6. The molecule has 1 atom stereocenters. The molecule has 2 amide bonds. The van der Waals surface area contributed by atoms with Crippen LogP contribution in [0.15, 0.2) is 12.1 Å². The Morgan fingerprint density at radius 3 is 2.58 bits per heavy atom. The van der Waals surface area contributed by atoms with Crippen LogP contribution < -0.4 is 20.4 Å². The Morgan fingerprint density at radius 1 is 1.24 bits per heavy atom. The second-order valence-corrected chi connectivity index (χ2v) is 9.62. The van der Waals surface area contributed by atoms with Gasteiger partial charge in [0.1, 0.15) is 5.82 Å². The highest BCUT2D eigenvalue weighted by Gasteiger charge is 2.30. The Hall–Kier alpha value is -2.70. The first-order chi connectivity index (χ1) is 15.8. The van der Waals surface area contributed by atoms with Gasteiger partial charge in [-0.2, -0.15) is 5.10 Å². The summed E-state index contributed by atoms with van der Waals surface area (Å²) in [6.07, 6.45) is 4.45. The number of fused-ring (bicyclic) bond motifs is 1. The number of aryl methyl sites for hydroxylation is 4. The lowest BCUT2D eigenvalue weighted by atomic mass is 10.00. The molecule has 7 nitrogen and oxygen atoms in total. The lowest BCUT2D eigenvalue weighted by Crippen LogP contribution is -2.40. The highest BCUT2D eigenvalue weighted by Crippen LogP contribution is 2.40. The van der Waals surface area contributed by atoms with Crippen molar-refractivity contribution >= 4 is 23.4 Å². The second kappa shape index (κ2) is 10.9. The van der Waals surface area contributed by atoms with Crippen LogP contribution in [0.1, 0.15) is 55.4 Å². The van der Waals surface area contributed by atoms with Gasteiger partial charge in [0.15, 0.2) is 5.82 Å². The van der Waals surface area contributed by atoms with E-state index < -0.39 is 0 Å². The molecule has 2 aromatic rings. The van der Waals surface area contributed by atoms with Crippen molar-refractivity contribution in [3.8, 4) is 0 Å². The smallest absolute Gasteiger partial charge is 0.314 e. The van der Waals surface area contributed by atoms with Gasteiger partial charge in [-0.15, -0.1) is 0 Å². The van der Waals surface area contributed by atoms with Gasteiger partial charge in [-0.1, -0.05) is 38.0 Å². The van der Waals surface area contributed by atoms with E-state index in [9.17, 15) is 4.79 Å². The molecule has 0 fully saturated rings. The van der Waals surface area contributed by atoms with Crippen molar-refractivity contribution < 1.29 is 4.79 Å². The summed E-state index contributed by atoms with van der Waals surface area (Å²) in [4.78, 5) is 16.6. The number of nitrogens with zero attached hydrogens (tertiary/aromatic N) is 4. The molecular formula is C26H42N6O. The molecular weight excluding hydrogens is 412 g/mol. The summed E-state index contributed by atoms with van der Waals surface area (Å²) in [5.41, 5.74) is 6.58. The van der Waals surface area contributed by atoms with E-state index in [-0.39, 0.29) is 6.03 Å². The van der Waals surface area contributed by atoms with Crippen LogP contribution >= 0.6 is 0 Å². The molecule has 1 aromatic carbocycles. The van der Waals surface area contributed by atoms with Gasteiger partial charge in [0, 0.05) is 51.5 Å². The minimum absolute atomic E-state index is 0.126. The van der Waals surface area contributed by atoms with Gasteiger partial charge < -0.3 is 20.4 Å². The van der Waals surface area contributed by atoms with Gasteiger partial charge in [0.25, 0.3) is 0 Å². The Labute approximate surface area is 199 Å². The monoisotopic (exact) mass is 454 g/mol. The van der Waals surface area contributed by atoms with E-state index in [1.807, 2.05) is 0 Å². The van der Waals surface area contributed by atoms with Crippen LogP contribution in [0.25, 0.3) is 0 Å². The Bertz CT molecular complexity index is 943. The maximum absolute atomic E-state index is 11.6. The third-order valence-corrected chi connectivity index (χ3v) is 6.51. The van der Waals surface area contributed by atoms with Crippen molar-refractivity contribution in [3.05, 3.63) is 34.4 Å². The van der Waals surface area contributed by atoms with Crippen molar-refractivity contribution in [3.63, 3.8) is 0 Å². The average molecular weight is 455 g/mol. The van der Waals surface area contributed by atoms with E-state index >= 15 is 0 Å². The first-order valence-corrected chi connectivity index (χ1v) is 12.4. The number of carbonyl (C=O) groups excluding carboxylic acids is 1. The number of urea groups is 1. The fourth-order valence-corrected chi connectivity index (χ4v) is 5.15. The summed E-state index contributed by atoms with van der Waals surface area (Å²) in [5.74, 6) is 2.66. The lowest BCUT2D eigenvalue weighted by molar-refractivity contribution is 0.241. The van der Waals surface area contributed by atoms with E-state index in [0.717, 1.165) is 51.1 Å². The summed E-state index contributed by atoms with van der Waals surface area (Å²) in [7, 11) is 3.73. The summed E-state index contributed by atoms with van der Waals surface area (Å²) < 4.78 is 2.08. The maximum atomic E-state index is 11.6. The van der Waals surface area contributed by atoms with Crippen molar-refractivity contribution in [2.75, 3.05) is 43.0 Å². The number of amides is 2. The summed E-state index contributed by atoms with van der Waals surface area (Å²) in [6, 6.07) is 4.42. The molecule has 182 valence electrons. The van der Waals surface area contributed by atoms with Gasteiger partial charge in [0.2, 0.25) is 0 Å². The number of anilines is 3. The molecule has 0 bridgehead atoms. The number of carbonyl (C=O) groups is 1. The SMILES string of the molecule is CCCCN(CC(C)CNC(=O)NC)c1c2c(nn1C)N(c1c(C)cc(C)cc1C)CCC2.